The quantitative estimate of drug-likeness (QED) is 0.350. The molecule has 0 radical (unpaired) electrons. The summed E-state index contributed by atoms with van der Waals surface area (Å²) in [5.41, 5.74) is 3.49. The SMILES string of the molecule is C.C.C.C.C.C.C.C.CCC(C)(C)C.CCC(C)c1ccccc1.CCC=C(C)CC.CCCC. The van der Waals surface area contributed by atoms with Crippen LogP contribution in [-0.4, -0.2) is 0 Å². The second kappa shape index (κ2) is 50.0. The Kier molecular flexibility index (Phi) is 99.9. The van der Waals surface area contributed by atoms with E-state index < -0.39 is 0 Å². The highest BCUT2D eigenvalue weighted by Gasteiger charge is 2.03. The van der Waals surface area contributed by atoms with E-state index in [1.807, 2.05) is 0 Å². The second-order valence-electron chi connectivity index (χ2n) is 8.45. The lowest BCUT2D eigenvalue weighted by molar-refractivity contribution is 0.398. The molecule has 35 heavy (non-hydrogen) atoms. The van der Waals surface area contributed by atoms with E-state index in [4.69, 9.17) is 0 Å². The molecular formula is C35H84. The Morgan fingerprint density at radius 1 is 0.714 bits per heavy atom. The third-order valence-electron chi connectivity index (χ3n) is 4.65. The zero-order chi connectivity index (χ0) is 21.7. The van der Waals surface area contributed by atoms with Gasteiger partial charge in [0.2, 0.25) is 0 Å². The van der Waals surface area contributed by atoms with Crippen molar-refractivity contribution in [2.75, 3.05) is 0 Å². The summed E-state index contributed by atoms with van der Waals surface area (Å²) in [5, 5.41) is 0. The predicted octanol–water partition coefficient (Wildman–Crippen LogP) is 15.3. The Bertz CT molecular complexity index is 403. The zero-order valence-corrected chi connectivity index (χ0v) is 20.8. The van der Waals surface area contributed by atoms with Gasteiger partial charge in [0.25, 0.3) is 0 Å². The lowest BCUT2D eigenvalue weighted by Crippen LogP contribution is -2.00. The first-order valence-corrected chi connectivity index (χ1v) is 11.3. The molecule has 0 N–H and O–H groups in total. The average molecular weight is 505 g/mol. The highest BCUT2D eigenvalue weighted by Crippen LogP contribution is 2.17. The normalized spacial score (nSPS) is 9.06. The van der Waals surface area contributed by atoms with Crippen molar-refractivity contribution in [3.8, 4) is 0 Å². The topological polar surface area (TPSA) is 0 Å². The molecule has 0 aliphatic carbocycles. The summed E-state index contributed by atoms with van der Waals surface area (Å²) in [5.74, 6) is 0.709. The summed E-state index contributed by atoms with van der Waals surface area (Å²) >= 11 is 0. The molecule has 0 aromatic heterocycles. The fourth-order valence-corrected chi connectivity index (χ4v) is 1.51. The van der Waals surface area contributed by atoms with Crippen LogP contribution in [0.1, 0.15) is 186 Å². The highest BCUT2D eigenvalue weighted by atomic mass is 14.1. The summed E-state index contributed by atoms with van der Waals surface area (Å²) in [4.78, 5) is 0. The molecule has 0 nitrogen and oxygen atoms in total. The molecule has 1 rings (SSSR count). The van der Waals surface area contributed by atoms with Crippen LogP contribution < -0.4 is 0 Å². The predicted molar refractivity (Wildman–Crippen MR) is 184 cm³/mol. The van der Waals surface area contributed by atoms with Gasteiger partial charge in [-0.3, -0.25) is 0 Å². The minimum absolute atomic E-state index is 0. The number of hydrogen-bond acceptors (Lipinski definition) is 0. The molecule has 1 aromatic carbocycles. The molecular weight excluding hydrogens is 420 g/mol. The van der Waals surface area contributed by atoms with E-state index in [-0.39, 0.29) is 59.4 Å². The molecule has 0 saturated heterocycles. The molecule has 224 valence electrons. The zero-order valence-electron chi connectivity index (χ0n) is 20.8. The van der Waals surface area contributed by atoms with Crippen LogP contribution in [-0.2, 0) is 0 Å². The summed E-state index contributed by atoms with van der Waals surface area (Å²) in [6.45, 7) is 24.3. The minimum atomic E-state index is 0. The molecule has 0 aliphatic rings. The van der Waals surface area contributed by atoms with Crippen LogP contribution in [0, 0.1) is 5.41 Å². The molecule has 0 heteroatoms. The smallest absolute Gasteiger partial charge is 0.0193 e. The first kappa shape index (κ1) is 70.0. The number of benzene rings is 1. The van der Waals surface area contributed by atoms with E-state index >= 15 is 0 Å². The van der Waals surface area contributed by atoms with Gasteiger partial charge in [0.05, 0.1) is 0 Å². The van der Waals surface area contributed by atoms with Crippen molar-refractivity contribution in [3.05, 3.63) is 47.5 Å². The van der Waals surface area contributed by atoms with Crippen LogP contribution in [0.4, 0.5) is 0 Å². The van der Waals surface area contributed by atoms with Gasteiger partial charge in [-0.15, -0.1) is 0 Å². The van der Waals surface area contributed by atoms with Crippen LogP contribution in [0.2, 0.25) is 0 Å². The first-order valence-electron chi connectivity index (χ1n) is 11.3. The molecule has 0 bridgehead atoms. The van der Waals surface area contributed by atoms with Crippen molar-refractivity contribution in [3.63, 3.8) is 0 Å². The lowest BCUT2D eigenvalue weighted by atomic mass is 9.94. The molecule has 0 aliphatic heterocycles. The summed E-state index contributed by atoms with van der Waals surface area (Å²) in [6, 6.07) is 10.6. The molecule has 0 spiro atoms. The second-order valence-corrected chi connectivity index (χ2v) is 8.45. The monoisotopic (exact) mass is 505 g/mol. The fourth-order valence-electron chi connectivity index (χ4n) is 1.51. The molecule has 1 atom stereocenters. The van der Waals surface area contributed by atoms with Gasteiger partial charge in [-0.2, -0.15) is 0 Å². The van der Waals surface area contributed by atoms with E-state index in [1.165, 1.54) is 49.7 Å². The number of unbranched alkanes of at least 4 members (excludes halogenated alkanes) is 1. The number of hydrogen-bond donors (Lipinski definition) is 0. The highest BCUT2D eigenvalue weighted by molar-refractivity contribution is 5.18. The largest absolute Gasteiger partial charge is 0.0859 e. The number of allylic oxidation sites excluding steroid dienone is 2. The van der Waals surface area contributed by atoms with Crippen LogP contribution >= 0.6 is 0 Å². The van der Waals surface area contributed by atoms with Gasteiger partial charge in [-0.1, -0.05) is 190 Å². The Labute approximate surface area is 232 Å². The third kappa shape index (κ3) is 65.5. The number of rotatable bonds is 5. The summed E-state index contributed by atoms with van der Waals surface area (Å²) in [7, 11) is 0. The van der Waals surface area contributed by atoms with Crippen molar-refractivity contribution < 1.29 is 0 Å². The Balaban J connectivity index is -0.0000000236. The van der Waals surface area contributed by atoms with Gasteiger partial charge in [0, 0.05) is 0 Å². The van der Waals surface area contributed by atoms with Crippen molar-refractivity contribution in [1.82, 2.24) is 0 Å². The van der Waals surface area contributed by atoms with Crippen molar-refractivity contribution in [2.45, 2.75) is 180 Å². The van der Waals surface area contributed by atoms with Gasteiger partial charge in [-0.05, 0) is 43.1 Å². The average Bonchev–Trinajstić information content (AvgIpc) is 2.68. The van der Waals surface area contributed by atoms with E-state index in [0.29, 0.717) is 11.3 Å². The summed E-state index contributed by atoms with van der Waals surface area (Å²) in [6.07, 6.45) is 9.78. The maximum Gasteiger partial charge on any atom is -0.0193 e. The van der Waals surface area contributed by atoms with E-state index in [2.05, 4.69) is 113 Å². The van der Waals surface area contributed by atoms with Crippen molar-refractivity contribution >= 4 is 0 Å². The maximum absolute atomic E-state index is 2.26. The van der Waals surface area contributed by atoms with Gasteiger partial charge < -0.3 is 0 Å². The fraction of sp³-hybridized carbons (Fsp3) is 0.771. The van der Waals surface area contributed by atoms with Gasteiger partial charge in [0.15, 0.2) is 0 Å². The van der Waals surface area contributed by atoms with Crippen LogP contribution in [0.5, 0.6) is 0 Å². The van der Waals surface area contributed by atoms with Crippen LogP contribution in [0.3, 0.4) is 0 Å². The van der Waals surface area contributed by atoms with E-state index in [0.717, 1.165) is 0 Å². The molecule has 0 heterocycles. The Morgan fingerprint density at radius 3 is 1.23 bits per heavy atom. The molecule has 0 saturated carbocycles. The molecule has 1 unspecified atom stereocenters. The molecule has 0 fully saturated rings. The standard InChI is InChI=1S/C10H14.C7H14.C6H14.C4H10.8CH4/c1-3-9(2)10-7-5-4-6-8-10;1-4-6-7(3)5-2;1-5-6(2,3)4;1-3-4-2;;;;;;;;/h4-9H,3H2,1-2H3;6H,4-5H2,1-3H3;5H2,1-4H3;3-4H2,1-2H3;8*1H4. The van der Waals surface area contributed by atoms with Gasteiger partial charge >= 0.3 is 0 Å². The van der Waals surface area contributed by atoms with Gasteiger partial charge in [-0.25, -0.2) is 0 Å². The Morgan fingerprint density at radius 2 is 1.06 bits per heavy atom. The van der Waals surface area contributed by atoms with Crippen molar-refractivity contribution in [2.24, 2.45) is 5.41 Å². The summed E-state index contributed by atoms with van der Waals surface area (Å²) < 4.78 is 0. The van der Waals surface area contributed by atoms with E-state index in [9.17, 15) is 0 Å². The van der Waals surface area contributed by atoms with Crippen molar-refractivity contribution in [1.29, 1.82) is 0 Å². The minimum Gasteiger partial charge on any atom is -0.0859 e. The molecule has 0 amide bonds. The third-order valence-corrected chi connectivity index (χ3v) is 4.65. The first-order chi connectivity index (χ1) is 12.6. The lowest BCUT2D eigenvalue weighted by Gasteiger charge is -2.12. The van der Waals surface area contributed by atoms with E-state index in [1.54, 1.807) is 0 Å². The van der Waals surface area contributed by atoms with Gasteiger partial charge in [0.1, 0.15) is 0 Å². The van der Waals surface area contributed by atoms with Crippen LogP contribution in [0.15, 0.2) is 42.0 Å². The maximum atomic E-state index is 2.26. The Hall–Kier alpha value is -1.04. The molecule has 1 aromatic rings. The van der Waals surface area contributed by atoms with Crippen LogP contribution in [0.25, 0.3) is 0 Å².